The third-order valence-electron chi connectivity index (χ3n) is 4.59. The zero-order chi connectivity index (χ0) is 21.1. The SMILES string of the molecule is Cc1cc2occ(CC(=O)NC(CCOC(C)(C)C)C(=O)O)c2cc1C(C)C. The number of aryl methyl sites for hydroxylation is 1. The van der Waals surface area contributed by atoms with Gasteiger partial charge in [0.2, 0.25) is 5.91 Å². The first kappa shape index (κ1) is 22.0. The zero-order valence-electron chi connectivity index (χ0n) is 17.6. The number of aliphatic carboxylic acids is 1. The molecule has 0 saturated carbocycles. The number of ether oxygens (including phenoxy) is 1. The molecule has 1 aromatic heterocycles. The normalized spacial score (nSPS) is 13.1. The molecule has 0 fully saturated rings. The Balaban J connectivity index is 2.08. The molecule has 1 heterocycles. The summed E-state index contributed by atoms with van der Waals surface area (Å²) in [5.74, 6) is -1.06. The third kappa shape index (κ3) is 5.83. The van der Waals surface area contributed by atoms with Crippen molar-refractivity contribution in [2.75, 3.05) is 6.61 Å². The molecule has 0 aliphatic rings. The van der Waals surface area contributed by atoms with Crippen LogP contribution in [0, 0.1) is 6.92 Å². The highest BCUT2D eigenvalue weighted by molar-refractivity contribution is 5.90. The number of benzene rings is 1. The number of furan rings is 1. The lowest BCUT2D eigenvalue weighted by atomic mass is 9.95. The Morgan fingerprint density at radius 2 is 1.93 bits per heavy atom. The largest absolute Gasteiger partial charge is 0.480 e. The number of nitrogens with one attached hydrogen (secondary N) is 1. The second-order valence-electron chi connectivity index (χ2n) is 8.51. The molecule has 154 valence electrons. The number of amides is 1. The van der Waals surface area contributed by atoms with Gasteiger partial charge in [0.15, 0.2) is 0 Å². The summed E-state index contributed by atoms with van der Waals surface area (Å²) in [5, 5.41) is 12.9. The number of fused-ring (bicyclic) bond motifs is 1. The predicted molar refractivity (Wildman–Crippen MR) is 109 cm³/mol. The molecule has 2 N–H and O–H groups in total. The molecule has 1 aromatic carbocycles. The fraction of sp³-hybridized carbons (Fsp3) is 0.545. The summed E-state index contributed by atoms with van der Waals surface area (Å²) < 4.78 is 11.2. The number of rotatable bonds is 8. The number of carboxylic acid groups (broad SMARTS) is 1. The highest BCUT2D eigenvalue weighted by Gasteiger charge is 2.22. The number of carbonyl (C=O) groups is 2. The molecule has 6 nitrogen and oxygen atoms in total. The van der Waals surface area contributed by atoms with Crippen LogP contribution in [0.4, 0.5) is 0 Å². The Hall–Kier alpha value is -2.34. The first-order valence-electron chi connectivity index (χ1n) is 9.64. The van der Waals surface area contributed by atoms with Crippen molar-refractivity contribution in [1.29, 1.82) is 0 Å². The molecule has 6 heteroatoms. The van der Waals surface area contributed by atoms with E-state index in [1.807, 2.05) is 33.8 Å². The molecule has 28 heavy (non-hydrogen) atoms. The second kappa shape index (κ2) is 8.78. The lowest BCUT2D eigenvalue weighted by Crippen LogP contribution is -2.42. The molecule has 1 unspecified atom stereocenters. The van der Waals surface area contributed by atoms with Crippen LogP contribution in [-0.4, -0.2) is 35.2 Å². The van der Waals surface area contributed by atoms with Crippen LogP contribution in [0.15, 0.2) is 22.8 Å². The first-order chi connectivity index (χ1) is 13.0. The molecule has 0 bridgehead atoms. The fourth-order valence-corrected chi connectivity index (χ4v) is 3.16. The Kier molecular flexibility index (Phi) is 6.88. The van der Waals surface area contributed by atoms with Gasteiger partial charge in [-0.15, -0.1) is 0 Å². The number of hydrogen-bond acceptors (Lipinski definition) is 4. The molecule has 0 aliphatic heterocycles. The van der Waals surface area contributed by atoms with Gasteiger partial charge in [0, 0.05) is 24.0 Å². The average molecular weight is 389 g/mol. The lowest BCUT2D eigenvalue weighted by Gasteiger charge is -2.21. The summed E-state index contributed by atoms with van der Waals surface area (Å²) in [5.41, 5.74) is 3.49. The standard InChI is InChI=1S/C22H31NO5/c1-13(2)16-11-17-15(12-27-19(17)9-14(16)3)10-20(24)23-18(21(25)26)7-8-28-22(4,5)6/h9,11-13,18H,7-8,10H2,1-6H3,(H,23,24)(H,25,26). The van der Waals surface area contributed by atoms with E-state index >= 15 is 0 Å². The van der Waals surface area contributed by atoms with Gasteiger partial charge in [-0.3, -0.25) is 4.79 Å². The molecule has 1 amide bonds. The van der Waals surface area contributed by atoms with Gasteiger partial charge in [0.05, 0.1) is 18.3 Å². The summed E-state index contributed by atoms with van der Waals surface area (Å²) in [6.07, 6.45) is 1.85. The van der Waals surface area contributed by atoms with Gasteiger partial charge in [0.25, 0.3) is 0 Å². The van der Waals surface area contributed by atoms with Crippen molar-refractivity contribution in [1.82, 2.24) is 5.32 Å². The van der Waals surface area contributed by atoms with E-state index in [9.17, 15) is 14.7 Å². The van der Waals surface area contributed by atoms with Crippen molar-refractivity contribution in [3.8, 4) is 0 Å². The van der Waals surface area contributed by atoms with Crippen LogP contribution in [0.3, 0.4) is 0 Å². The Bertz CT molecular complexity index is 844. The highest BCUT2D eigenvalue weighted by atomic mass is 16.5. The maximum Gasteiger partial charge on any atom is 0.326 e. The molecule has 0 aliphatic carbocycles. The van der Waals surface area contributed by atoms with Gasteiger partial charge >= 0.3 is 5.97 Å². The van der Waals surface area contributed by atoms with Gasteiger partial charge < -0.3 is 19.6 Å². The summed E-state index contributed by atoms with van der Waals surface area (Å²) in [4.78, 5) is 23.9. The maximum atomic E-state index is 12.5. The van der Waals surface area contributed by atoms with E-state index in [4.69, 9.17) is 9.15 Å². The van der Waals surface area contributed by atoms with Crippen LogP contribution in [0.2, 0.25) is 0 Å². The van der Waals surface area contributed by atoms with E-state index in [-0.39, 0.29) is 31.0 Å². The van der Waals surface area contributed by atoms with E-state index in [0.29, 0.717) is 5.92 Å². The molecule has 1 atom stereocenters. The lowest BCUT2D eigenvalue weighted by molar-refractivity contribution is -0.142. The molecular weight excluding hydrogens is 358 g/mol. The van der Waals surface area contributed by atoms with Crippen LogP contribution in [0.5, 0.6) is 0 Å². The van der Waals surface area contributed by atoms with Crippen LogP contribution in [-0.2, 0) is 20.7 Å². The summed E-state index contributed by atoms with van der Waals surface area (Å²) in [6.45, 7) is 12.2. The molecule has 0 spiro atoms. The Morgan fingerprint density at radius 3 is 2.50 bits per heavy atom. The number of carbonyl (C=O) groups excluding carboxylic acids is 1. The van der Waals surface area contributed by atoms with Crippen LogP contribution in [0.25, 0.3) is 11.0 Å². The van der Waals surface area contributed by atoms with Crippen LogP contribution >= 0.6 is 0 Å². The van der Waals surface area contributed by atoms with Gasteiger partial charge in [-0.05, 0) is 56.9 Å². The second-order valence-corrected chi connectivity index (χ2v) is 8.51. The van der Waals surface area contributed by atoms with Crippen molar-refractivity contribution in [3.05, 3.63) is 35.1 Å². The van der Waals surface area contributed by atoms with Crippen molar-refractivity contribution in [2.45, 2.75) is 71.9 Å². The summed E-state index contributed by atoms with van der Waals surface area (Å²) in [7, 11) is 0. The molecular formula is C22H31NO5. The van der Waals surface area contributed by atoms with Crippen molar-refractivity contribution in [3.63, 3.8) is 0 Å². The summed E-state index contributed by atoms with van der Waals surface area (Å²) in [6, 6.07) is 3.06. The minimum absolute atomic E-state index is 0.0670. The van der Waals surface area contributed by atoms with E-state index in [1.165, 1.54) is 5.56 Å². The maximum absolute atomic E-state index is 12.5. The van der Waals surface area contributed by atoms with E-state index in [2.05, 4.69) is 25.2 Å². The number of hydrogen-bond donors (Lipinski definition) is 2. The monoisotopic (exact) mass is 389 g/mol. The van der Waals surface area contributed by atoms with E-state index in [0.717, 1.165) is 22.1 Å². The molecule has 2 aromatic rings. The predicted octanol–water partition coefficient (Wildman–Crippen LogP) is 4.18. The van der Waals surface area contributed by atoms with Gasteiger partial charge in [0.1, 0.15) is 11.6 Å². The van der Waals surface area contributed by atoms with E-state index < -0.39 is 12.0 Å². The molecule has 0 saturated heterocycles. The van der Waals surface area contributed by atoms with Crippen LogP contribution in [0.1, 0.15) is 63.6 Å². The smallest absolute Gasteiger partial charge is 0.326 e. The topological polar surface area (TPSA) is 88.8 Å². The van der Waals surface area contributed by atoms with Gasteiger partial charge in [-0.1, -0.05) is 13.8 Å². The van der Waals surface area contributed by atoms with Crippen LogP contribution < -0.4 is 5.32 Å². The summed E-state index contributed by atoms with van der Waals surface area (Å²) >= 11 is 0. The van der Waals surface area contributed by atoms with Crippen molar-refractivity contribution < 1.29 is 23.8 Å². The van der Waals surface area contributed by atoms with Gasteiger partial charge in [-0.2, -0.15) is 0 Å². The third-order valence-corrected chi connectivity index (χ3v) is 4.59. The molecule has 0 radical (unpaired) electrons. The Labute approximate surface area is 166 Å². The molecule has 2 rings (SSSR count). The quantitative estimate of drug-likeness (QED) is 0.707. The fourth-order valence-electron chi connectivity index (χ4n) is 3.16. The van der Waals surface area contributed by atoms with Crippen molar-refractivity contribution in [2.24, 2.45) is 0 Å². The average Bonchev–Trinajstić information content (AvgIpc) is 2.93. The van der Waals surface area contributed by atoms with E-state index in [1.54, 1.807) is 6.26 Å². The highest BCUT2D eigenvalue weighted by Crippen LogP contribution is 2.29. The minimum Gasteiger partial charge on any atom is -0.480 e. The zero-order valence-corrected chi connectivity index (χ0v) is 17.6. The first-order valence-corrected chi connectivity index (χ1v) is 9.64. The Morgan fingerprint density at radius 1 is 1.25 bits per heavy atom. The number of carboxylic acids is 1. The minimum atomic E-state index is -1.07. The van der Waals surface area contributed by atoms with Crippen molar-refractivity contribution >= 4 is 22.8 Å². The van der Waals surface area contributed by atoms with Gasteiger partial charge in [-0.25, -0.2) is 4.79 Å².